The first-order valence-electron chi connectivity index (χ1n) is 10.4. The Morgan fingerprint density at radius 1 is 1.22 bits per heavy atom. The number of fused-ring (bicyclic) bond motifs is 1. The van der Waals surface area contributed by atoms with Crippen molar-refractivity contribution in [1.82, 2.24) is 20.2 Å². The first-order valence-corrected chi connectivity index (χ1v) is 10.8. The van der Waals surface area contributed by atoms with Gasteiger partial charge in [0.1, 0.15) is 5.82 Å². The van der Waals surface area contributed by atoms with E-state index < -0.39 is 0 Å². The maximum Gasteiger partial charge on any atom is 0.318 e. The van der Waals surface area contributed by atoms with Crippen molar-refractivity contribution < 1.29 is 9.59 Å². The summed E-state index contributed by atoms with van der Waals surface area (Å²) >= 11 is 6.03. The number of rotatable bonds is 7. The van der Waals surface area contributed by atoms with Crippen molar-refractivity contribution in [3.8, 4) is 0 Å². The third kappa shape index (κ3) is 5.85. The number of hydrogen-bond acceptors (Lipinski definition) is 4. The van der Waals surface area contributed by atoms with Crippen LogP contribution in [0, 0.1) is 0 Å². The minimum atomic E-state index is -0.294. The van der Waals surface area contributed by atoms with Gasteiger partial charge in [0.15, 0.2) is 0 Å². The zero-order chi connectivity index (χ0) is 23.3. The van der Waals surface area contributed by atoms with Crippen LogP contribution in [0.2, 0.25) is 5.02 Å². The van der Waals surface area contributed by atoms with E-state index in [-0.39, 0.29) is 30.1 Å². The van der Waals surface area contributed by atoms with E-state index in [0.717, 1.165) is 12.0 Å². The lowest BCUT2D eigenvalue weighted by Gasteiger charge is -2.25. The topological polar surface area (TPSA) is 107 Å². The van der Waals surface area contributed by atoms with E-state index in [0.29, 0.717) is 34.0 Å². The number of aromatic amines is 1. The molecule has 3 rings (SSSR count). The van der Waals surface area contributed by atoms with Crippen molar-refractivity contribution in [1.29, 1.82) is 0 Å². The van der Waals surface area contributed by atoms with Gasteiger partial charge in [0.05, 0.1) is 23.5 Å². The third-order valence-corrected chi connectivity index (χ3v) is 5.12. The number of nitrogens with zero attached hydrogens (tertiary/aromatic N) is 2. The van der Waals surface area contributed by atoms with Crippen LogP contribution < -0.4 is 16.2 Å². The second-order valence-electron chi connectivity index (χ2n) is 7.57. The van der Waals surface area contributed by atoms with E-state index in [1.54, 1.807) is 29.2 Å². The zero-order valence-corrected chi connectivity index (χ0v) is 19.0. The number of urea groups is 1. The monoisotopic (exact) mass is 455 g/mol. The highest BCUT2D eigenvalue weighted by Gasteiger charge is 2.18. The number of aromatic nitrogens is 2. The molecule has 0 aliphatic rings. The lowest BCUT2D eigenvalue weighted by molar-refractivity contribution is -0.114. The molecule has 0 saturated carbocycles. The summed E-state index contributed by atoms with van der Waals surface area (Å²) in [5.41, 5.74) is 1.73. The van der Waals surface area contributed by atoms with Crippen LogP contribution in [0.25, 0.3) is 10.9 Å². The summed E-state index contributed by atoms with van der Waals surface area (Å²) < 4.78 is 0. The van der Waals surface area contributed by atoms with Crippen molar-refractivity contribution in [3.05, 3.63) is 69.2 Å². The molecule has 2 aromatic carbocycles. The summed E-state index contributed by atoms with van der Waals surface area (Å²) in [7, 11) is 0. The molecule has 168 valence electrons. The molecular formula is C23H26ClN5O3. The van der Waals surface area contributed by atoms with Gasteiger partial charge in [-0.15, -0.1) is 0 Å². The fourth-order valence-corrected chi connectivity index (χ4v) is 3.55. The predicted molar refractivity (Wildman–Crippen MR) is 126 cm³/mol. The van der Waals surface area contributed by atoms with Crippen LogP contribution >= 0.6 is 11.6 Å². The van der Waals surface area contributed by atoms with Crippen molar-refractivity contribution in [2.75, 3.05) is 11.9 Å². The zero-order valence-electron chi connectivity index (χ0n) is 18.2. The second kappa shape index (κ2) is 10.3. The van der Waals surface area contributed by atoms with Crippen LogP contribution in [-0.2, 0) is 11.3 Å². The first-order chi connectivity index (χ1) is 15.3. The number of H-pyrrole nitrogens is 1. The van der Waals surface area contributed by atoms with Gasteiger partial charge in [-0.1, -0.05) is 30.7 Å². The highest BCUT2D eigenvalue weighted by Crippen LogP contribution is 2.18. The van der Waals surface area contributed by atoms with Gasteiger partial charge in [-0.05, 0) is 49.2 Å². The van der Waals surface area contributed by atoms with E-state index in [1.165, 1.54) is 6.92 Å². The van der Waals surface area contributed by atoms with E-state index >= 15 is 0 Å². The molecule has 1 aromatic heterocycles. The van der Waals surface area contributed by atoms with Crippen molar-refractivity contribution >= 4 is 40.1 Å². The third-order valence-electron chi connectivity index (χ3n) is 4.89. The molecular weight excluding hydrogens is 430 g/mol. The van der Waals surface area contributed by atoms with Gasteiger partial charge in [-0.3, -0.25) is 9.59 Å². The van der Waals surface area contributed by atoms with Gasteiger partial charge in [0.2, 0.25) is 5.91 Å². The van der Waals surface area contributed by atoms with Crippen molar-refractivity contribution in [2.45, 2.75) is 39.8 Å². The Morgan fingerprint density at radius 3 is 2.72 bits per heavy atom. The molecule has 3 aromatic rings. The highest BCUT2D eigenvalue weighted by molar-refractivity contribution is 6.31. The fourth-order valence-electron chi connectivity index (χ4n) is 3.39. The number of carbonyl (C=O) groups is 2. The predicted octanol–water partition coefficient (Wildman–Crippen LogP) is 4.22. The van der Waals surface area contributed by atoms with Crippen LogP contribution in [0.1, 0.15) is 44.6 Å². The van der Waals surface area contributed by atoms with E-state index in [4.69, 9.17) is 11.6 Å². The SMILES string of the molecule is CCCN(Cc1nc2cc(Cl)ccc2c(=O)[nH]1)C(=O)NC(C)c1cccc(NC(C)=O)c1. The summed E-state index contributed by atoms with van der Waals surface area (Å²) in [6, 6.07) is 11.6. The quantitative estimate of drug-likeness (QED) is 0.495. The Hall–Kier alpha value is -3.39. The maximum atomic E-state index is 13.0. The Bertz CT molecular complexity index is 1190. The van der Waals surface area contributed by atoms with E-state index in [1.807, 2.05) is 32.0 Å². The largest absolute Gasteiger partial charge is 0.331 e. The van der Waals surface area contributed by atoms with Crippen LogP contribution in [0.3, 0.4) is 0 Å². The van der Waals surface area contributed by atoms with Crippen LogP contribution in [0.4, 0.5) is 10.5 Å². The van der Waals surface area contributed by atoms with Crippen molar-refractivity contribution in [3.63, 3.8) is 0 Å². The second-order valence-corrected chi connectivity index (χ2v) is 8.01. The Morgan fingerprint density at radius 2 is 2.00 bits per heavy atom. The number of halogens is 1. The molecule has 1 unspecified atom stereocenters. The molecule has 3 N–H and O–H groups in total. The fraction of sp³-hybridized carbons (Fsp3) is 0.304. The Labute approximate surface area is 191 Å². The molecule has 32 heavy (non-hydrogen) atoms. The molecule has 3 amide bonds. The number of benzene rings is 2. The molecule has 0 spiro atoms. The van der Waals surface area contributed by atoms with Crippen LogP contribution in [0.5, 0.6) is 0 Å². The van der Waals surface area contributed by atoms with Crippen LogP contribution in [0.15, 0.2) is 47.3 Å². The molecule has 0 aliphatic heterocycles. The average molecular weight is 456 g/mol. The lowest BCUT2D eigenvalue weighted by atomic mass is 10.1. The lowest BCUT2D eigenvalue weighted by Crippen LogP contribution is -2.41. The summed E-state index contributed by atoms with van der Waals surface area (Å²) in [6.07, 6.45) is 0.740. The number of nitrogens with one attached hydrogen (secondary N) is 3. The van der Waals surface area contributed by atoms with Gasteiger partial charge >= 0.3 is 6.03 Å². The molecule has 0 fully saturated rings. The molecule has 9 heteroatoms. The molecule has 0 saturated heterocycles. The normalized spacial score (nSPS) is 11.8. The summed E-state index contributed by atoms with van der Waals surface area (Å²) in [4.78, 5) is 45.5. The maximum absolute atomic E-state index is 13.0. The number of hydrogen-bond donors (Lipinski definition) is 3. The van der Waals surface area contributed by atoms with Gasteiger partial charge in [0.25, 0.3) is 5.56 Å². The smallest absolute Gasteiger partial charge is 0.318 e. The Kier molecular flexibility index (Phi) is 7.48. The standard InChI is InChI=1S/C23H26ClN5O3/c1-4-10-29(13-21-27-20-12-17(24)8-9-19(20)22(31)28-21)23(32)25-14(2)16-6-5-7-18(11-16)26-15(3)30/h5-9,11-12,14H,4,10,13H2,1-3H3,(H,25,32)(H,26,30)(H,27,28,31). The average Bonchev–Trinajstić information content (AvgIpc) is 2.72. The molecule has 0 bridgehead atoms. The summed E-state index contributed by atoms with van der Waals surface area (Å²) in [5, 5.41) is 6.64. The summed E-state index contributed by atoms with van der Waals surface area (Å²) in [6.45, 7) is 5.92. The molecule has 0 aliphatic carbocycles. The number of anilines is 1. The van der Waals surface area contributed by atoms with Crippen molar-refractivity contribution in [2.24, 2.45) is 0 Å². The first kappa shape index (κ1) is 23.3. The van der Waals surface area contributed by atoms with E-state index in [2.05, 4.69) is 20.6 Å². The number of carbonyl (C=O) groups excluding carboxylic acids is 2. The highest BCUT2D eigenvalue weighted by atomic mass is 35.5. The van der Waals surface area contributed by atoms with Gasteiger partial charge in [-0.2, -0.15) is 0 Å². The molecule has 0 radical (unpaired) electrons. The molecule has 1 heterocycles. The molecule has 8 nitrogen and oxygen atoms in total. The minimum Gasteiger partial charge on any atom is -0.331 e. The van der Waals surface area contributed by atoms with Gasteiger partial charge in [-0.25, -0.2) is 9.78 Å². The summed E-state index contributed by atoms with van der Waals surface area (Å²) in [5.74, 6) is 0.222. The van der Waals surface area contributed by atoms with Crippen LogP contribution in [-0.4, -0.2) is 33.4 Å². The van der Waals surface area contributed by atoms with Gasteiger partial charge in [0, 0.05) is 24.2 Å². The Balaban J connectivity index is 1.77. The van der Waals surface area contributed by atoms with E-state index in [9.17, 15) is 14.4 Å². The minimum absolute atomic E-state index is 0.149. The number of amides is 3. The van der Waals surface area contributed by atoms with Gasteiger partial charge < -0.3 is 20.5 Å². The molecule has 1 atom stereocenters.